The molecule has 26 heavy (non-hydrogen) atoms. The molecule has 3 aromatic rings. The van der Waals surface area contributed by atoms with Crippen molar-refractivity contribution in [1.82, 2.24) is 4.98 Å². The fourth-order valence-corrected chi connectivity index (χ4v) is 3.00. The topological polar surface area (TPSA) is 39.2 Å². The fourth-order valence-electron chi connectivity index (χ4n) is 3.00. The van der Waals surface area contributed by atoms with Gasteiger partial charge in [-0.2, -0.15) is 0 Å². The summed E-state index contributed by atoms with van der Waals surface area (Å²) in [6.07, 6.45) is 5.24. The van der Waals surface area contributed by atoms with E-state index in [2.05, 4.69) is 18.0 Å². The first-order chi connectivity index (χ1) is 12.6. The van der Waals surface area contributed by atoms with E-state index in [1.165, 1.54) is 12.1 Å². The van der Waals surface area contributed by atoms with Gasteiger partial charge in [0.1, 0.15) is 19.2 Å². The minimum Gasteiger partial charge on any atom is -0.491 e. The Morgan fingerprint density at radius 1 is 1.19 bits per heavy atom. The van der Waals surface area contributed by atoms with Gasteiger partial charge in [-0.3, -0.25) is 9.78 Å². The number of ether oxygens (including phenoxy) is 1. The van der Waals surface area contributed by atoms with Crippen molar-refractivity contribution in [3.05, 3.63) is 65.1 Å². The number of unbranched alkanes of at least 4 members (excludes halogenated alkanes) is 1. The van der Waals surface area contributed by atoms with Crippen LogP contribution in [-0.4, -0.2) is 25.7 Å². The minimum atomic E-state index is -0.239. The molecule has 3 rings (SSSR count). The van der Waals surface area contributed by atoms with Gasteiger partial charge in [-0.25, -0.2) is 4.39 Å². The Hall–Kier alpha value is -2.69. The number of nitrogens with zero attached hydrogens (tertiary/aromatic N) is 1. The molecule has 3 nitrogen and oxygen atoms in total. The van der Waals surface area contributed by atoms with Crippen LogP contribution in [0.15, 0.2) is 42.6 Å². The van der Waals surface area contributed by atoms with Crippen LogP contribution in [0.5, 0.6) is 5.75 Å². The van der Waals surface area contributed by atoms with Crippen molar-refractivity contribution in [1.29, 1.82) is 0 Å². The summed E-state index contributed by atoms with van der Waals surface area (Å²) in [5.41, 5.74) is 4.29. The molecule has 1 heterocycles. The SMILES string of the molecule is Bc1cc(C=O)c(OCCCC)c2ncc(Cc3ccc(F)cc3)cc12. The average molecular weight is 349 g/mol. The molecule has 0 aliphatic rings. The van der Waals surface area contributed by atoms with E-state index in [4.69, 9.17) is 4.74 Å². The molecule has 0 atom stereocenters. The number of hydrogen-bond donors (Lipinski definition) is 0. The van der Waals surface area contributed by atoms with Crippen LogP contribution in [0.2, 0.25) is 0 Å². The maximum atomic E-state index is 13.1. The van der Waals surface area contributed by atoms with Crippen LogP contribution < -0.4 is 10.2 Å². The van der Waals surface area contributed by atoms with Gasteiger partial charge < -0.3 is 4.74 Å². The number of aromatic nitrogens is 1. The third-order valence-corrected chi connectivity index (χ3v) is 4.41. The molecule has 0 N–H and O–H groups in total. The molecule has 0 amide bonds. The number of carbonyl (C=O) groups excluding carboxylic acids is 1. The first kappa shape index (κ1) is 18.1. The predicted molar refractivity (Wildman–Crippen MR) is 105 cm³/mol. The van der Waals surface area contributed by atoms with Crippen molar-refractivity contribution in [2.45, 2.75) is 26.2 Å². The summed E-state index contributed by atoms with van der Waals surface area (Å²) in [4.78, 5) is 16.0. The van der Waals surface area contributed by atoms with Crippen LogP contribution in [0.1, 0.15) is 41.3 Å². The van der Waals surface area contributed by atoms with Gasteiger partial charge in [-0.1, -0.05) is 37.0 Å². The molecule has 2 aromatic carbocycles. The van der Waals surface area contributed by atoms with Crippen LogP contribution >= 0.6 is 0 Å². The smallest absolute Gasteiger partial charge is 0.155 e. The number of halogens is 1. The molecule has 0 aliphatic carbocycles. The zero-order chi connectivity index (χ0) is 18.5. The maximum absolute atomic E-state index is 13.1. The van der Waals surface area contributed by atoms with Crippen molar-refractivity contribution < 1.29 is 13.9 Å². The van der Waals surface area contributed by atoms with Gasteiger partial charge in [0, 0.05) is 6.20 Å². The number of rotatable bonds is 7. The Balaban J connectivity index is 1.99. The third-order valence-electron chi connectivity index (χ3n) is 4.41. The molecule has 1 aromatic heterocycles. The van der Waals surface area contributed by atoms with Crippen molar-refractivity contribution >= 4 is 30.5 Å². The number of carbonyl (C=O) groups is 1. The highest BCUT2D eigenvalue weighted by molar-refractivity contribution is 6.39. The zero-order valence-electron chi connectivity index (χ0n) is 15.1. The van der Waals surface area contributed by atoms with Gasteiger partial charge in [0.2, 0.25) is 0 Å². The lowest BCUT2D eigenvalue weighted by atomic mass is 9.88. The van der Waals surface area contributed by atoms with Crippen LogP contribution in [-0.2, 0) is 6.42 Å². The van der Waals surface area contributed by atoms with Gasteiger partial charge in [-0.15, -0.1) is 0 Å². The third kappa shape index (κ3) is 3.93. The van der Waals surface area contributed by atoms with Crippen LogP contribution in [0.4, 0.5) is 4.39 Å². The van der Waals surface area contributed by atoms with Crippen LogP contribution in [0.3, 0.4) is 0 Å². The number of fused-ring (bicyclic) bond motifs is 1. The lowest BCUT2D eigenvalue weighted by Crippen LogP contribution is -2.11. The molecule has 0 fully saturated rings. The Morgan fingerprint density at radius 2 is 1.96 bits per heavy atom. The first-order valence-corrected chi connectivity index (χ1v) is 8.87. The Bertz CT molecular complexity index is 925. The number of aldehydes is 1. The Morgan fingerprint density at radius 3 is 2.65 bits per heavy atom. The van der Waals surface area contributed by atoms with E-state index in [1.807, 2.05) is 13.9 Å². The van der Waals surface area contributed by atoms with E-state index in [9.17, 15) is 9.18 Å². The molecule has 0 aliphatic heterocycles. The van der Waals surface area contributed by atoms with E-state index in [0.29, 0.717) is 29.9 Å². The highest BCUT2D eigenvalue weighted by Gasteiger charge is 2.13. The van der Waals surface area contributed by atoms with Crippen LogP contribution in [0, 0.1) is 5.82 Å². The van der Waals surface area contributed by atoms with Gasteiger partial charge in [0.05, 0.1) is 12.2 Å². The quantitative estimate of drug-likeness (QED) is 0.374. The molecule has 132 valence electrons. The fraction of sp³-hybridized carbons (Fsp3) is 0.238. The van der Waals surface area contributed by atoms with Crippen molar-refractivity contribution in [2.24, 2.45) is 0 Å². The molecular weight excluding hydrogens is 328 g/mol. The number of pyridine rings is 1. The second kappa shape index (κ2) is 8.13. The van der Waals surface area contributed by atoms with Crippen LogP contribution in [0.25, 0.3) is 10.9 Å². The van der Waals surface area contributed by atoms with E-state index in [-0.39, 0.29) is 5.82 Å². The molecule has 5 heteroatoms. The van der Waals surface area contributed by atoms with Gasteiger partial charge >= 0.3 is 0 Å². The van der Waals surface area contributed by atoms with Crippen molar-refractivity contribution in [3.63, 3.8) is 0 Å². The molecule has 0 bridgehead atoms. The summed E-state index contributed by atoms with van der Waals surface area (Å²) in [5.74, 6) is 0.318. The van der Waals surface area contributed by atoms with E-state index < -0.39 is 0 Å². The first-order valence-electron chi connectivity index (χ1n) is 8.87. The number of hydrogen-bond acceptors (Lipinski definition) is 3. The second-order valence-electron chi connectivity index (χ2n) is 6.47. The Labute approximate surface area is 153 Å². The lowest BCUT2D eigenvalue weighted by Gasteiger charge is -2.14. The standard InChI is InChI=1S/C21H21BFNO2/c1-2-3-8-26-21-16(13-25)11-19(22)18-10-15(12-24-20(18)21)9-14-4-6-17(23)7-5-14/h4-7,10-13H,2-3,8-9,22H2,1H3. The summed E-state index contributed by atoms with van der Waals surface area (Å²) in [6, 6.07) is 10.4. The predicted octanol–water partition coefficient (Wildman–Crippen LogP) is 3.21. The summed E-state index contributed by atoms with van der Waals surface area (Å²) in [6.45, 7) is 2.66. The van der Waals surface area contributed by atoms with Crippen molar-refractivity contribution in [3.8, 4) is 5.75 Å². The normalized spacial score (nSPS) is 10.8. The van der Waals surface area contributed by atoms with Gasteiger partial charge in [0.15, 0.2) is 12.0 Å². The van der Waals surface area contributed by atoms with Gasteiger partial charge in [-0.05, 0) is 47.6 Å². The molecule has 0 spiro atoms. The van der Waals surface area contributed by atoms with Crippen molar-refractivity contribution in [2.75, 3.05) is 6.61 Å². The van der Waals surface area contributed by atoms with E-state index in [1.54, 1.807) is 18.3 Å². The van der Waals surface area contributed by atoms with E-state index in [0.717, 1.165) is 41.1 Å². The Kier molecular flexibility index (Phi) is 5.66. The zero-order valence-corrected chi connectivity index (χ0v) is 15.1. The summed E-state index contributed by atoms with van der Waals surface area (Å²) >= 11 is 0. The highest BCUT2D eigenvalue weighted by atomic mass is 19.1. The molecule has 0 saturated carbocycles. The highest BCUT2D eigenvalue weighted by Crippen LogP contribution is 2.27. The molecule has 0 unspecified atom stereocenters. The number of benzene rings is 2. The molecule has 0 saturated heterocycles. The maximum Gasteiger partial charge on any atom is 0.155 e. The largest absolute Gasteiger partial charge is 0.491 e. The lowest BCUT2D eigenvalue weighted by molar-refractivity contribution is 0.112. The minimum absolute atomic E-state index is 0.239. The van der Waals surface area contributed by atoms with Gasteiger partial charge in [0.25, 0.3) is 0 Å². The monoisotopic (exact) mass is 349 g/mol. The summed E-state index contributed by atoms with van der Waals surface area (Å²) in [7, 11) is 1.97. The summed E-state index contributed by atoms with van der Waals surface area (Å²) in [5, 5.41) is 0.974. The molecule has 0 radical (unpaired) electrons. The average Bonchev–Trinajstić information content (AvgIpc) is 2.65. The summed E-state index contributed by atoms with van der Waals surface area (Å²) < 4.78 is 18.9. The molecular formula is C21H21BFNO2. The van der Waals surface area contributed by atoms with E-state index >= 15 is 0 Å². The second-order valence-corrected chi connectivity index (χ2v) is 6.47.